The number of carbonyl (C=O) groups excluding carboxylic acids is 1. The summed E-state index contributed by atoms with van der Waals surface area (Å²) in [5, 5.41) is 6.20. The van der Waals surface area contributed by atoms with Crippen LogP contribution in [-0.2, 0) is 4.79 Å². The number of ether oxygens (including phenoxy) is 1. The Balaban J connectivity index is 2.13. The first-order chi connectivity index (χ1) is 13.5. The molecule has 1 aliphatic heterocycles. The first kappa shape index (κ1) is 22.3. The summed E-state index contributed by atoms with van der Waals surface area (Å²) in [6.45, 7) is 3.13. The van der Waals surface area contributed by atoms with Crippen molar-refractivity contribution in [1.82, 2.24) is 10.2 Å². The molecule has 0 aliphatic carbocycles. The van der Waals surface area contributed by atoms with Crippen molar-refractivity contribution in [2.45, 2.75) is 38.8 Å². The number of nitrogens with two attached hydrogens (primary N) is 2. The molecule has 1 aliphatic rings. The Hall–Kier alpha value is -2.98. The van der Waals surface area contributed by atoms with Crippen molar-refractivity contribution in [1.29, 1.82) is 0 Å². The Morgan fingerprint density at radius 1 is 1.41 bits per heavy atom. The fourth-order valence-electron chi connectivity index (χ4n) is 3.04. The number of carbonyl (C=O) groups is 1. The highest BCUT2D eigenvalue weighted by Gasteiger charge is 2.32. The van der Waals surface area contributed by atoms with E-state index in [1.54, 1.807) is 4.90 Å². The summed E-state index contributed by atoms with van der Waals surface area (Å²) in [5.41, 5.74) is 6.90. The number of hydrogen-bond donors (Lipinski definition) is 3. The smallest absolute Gasteiger partial charge is 0.406 e. The maximum Gasteiger partial charge on any atom is 0.573 e. The number of aryl methyl sites for hydroxylation is 1. The van der Waals surface area contributed by atoms with E-state index in [9.17, 15) is 22.4 Å². The Morgan fingerprint density at radius 2 is 2.10 bits per heavy atom. The zero-order valence-corrected chi connectivity index (χ0v) is 16.0. The number of benzene rings is 1. The molecule has 0 unspecified atom stereocenters. The van der Waals surface area contributed by atoms with Crippen LogP contribution in [0.2, 0.25) is 0 Å². The van der Waals surface area contributed by atoms with E-state index in [1.165, 1.54) is 32.1 Å². The average molecular weight is 417 g/mol. The zero-order valence-electron chi connectivity index (χ0n) is 16.0. The van der Waals surface area contributed by atoms with Gasteiger partial charge in [0, 0.05) is 25.2 Å². The van der Waals surface area contributed by atoms with Crippen molar-refractivity contribution in [3.63, 3.8) is 0 Å². The van der Waals surface area contributed by atoms with Crippen molar-refractivity contribution in [3.8, 4) is 5.75 Å². The van der Waals surface area contributed by atoms with E-state index >= 15 is 0 Å². The number of alkyl halides is 4. The highest BCUT2D eigenvalue weighted by atomic mass is 19.4. The second kappa shape index (κ2) is 9.01. The summed E-state index contributed by atoms with van der Waals surface area (Å²) in [4.78, 5) is 12.7. The van der Waals surface area contributed by atoms with E-state index in [0.29, 0.717) is 18.5 Å². The van der Waals surface area contributed by atoms with Gasteiger partial charge in [-0.2, -0.15) is 5.10 Å². The number of hydrogen-bond acceptors (Lipinski definition) is 5. The Labute approximate surface area is 165 Å². The lowest BCUT2D eigenvalue weighted by Gasteiger charge is -2.35. The zero-order chi connectivity index (χ0) is 21.8. The molecule has 0 spiro atoms. The molecule has 0 aromatic heterocycles. The highest BCUT2D eigenvalue weighted by molar-refractivity contribution is 5.98. The van der Waals surface area contributed by atoms with E-state index in [4.69, 9.17) is 11.6 Å². The lowest BCUT2D eigenvalue weighted by Crippen LogP contribution is -2.53. The maximum absolute atomic E-state index is 14.3. The Bertz CT molecular complexity index is 810. The quantitative estimate of drug-likeness (QED) is 0.229. The van der Waals surface area contributed by atoms with E-state index < -0.39 is 18.6 Å². The number of likely N-dealkylation sites (tertiary alicyclic amines) is 1. The lowest BCUT2D eigenvalue weighted by atomic mass is 10.0. The molecule has 2 atom stereocenters. The summed E-state index contributed by atoms with van der Waals surface area (Å²) >= 11 is 0. The molecule has 1 aromatic rings. The summed E-state index contributed by atoms with van der Waals surface area (Å²) in [5.74, 6) is 5.00. The van der Waals surface area contributed by atoms with Gasteiger partial charge in [-0.05, 0) is 42.7 Å². The van der Waals surface area contributed by atoms with Crippen LogP contribution in [0, 0.1) is 6.92 Å². The number of nitrogens with zero attached hydrogens (tertiary/aromatic N) is 2. The average Bonchev–Trinajstić information content (AvgIpc) is 2.61. The molecule has 11 heteroatoms. The predicted molar refractivity (Wildman–Crippen MR) is 100 cm³/mol. The largest absolute Gasteiger partial charge is 0.573 e. The summed E-state index contributed by atoms with van der Waals surface area (Å²) < 4.78 is 55.4. The Kier molecular flexibility index (Phi) is 6.93. The van der Waals surface area contributed by atoms with Crippen molar-refractivity contribution < 1.29 is 27.1 Å². The summed E-state index contributed by atoms with van der Waals surface area (Å²) in [7, 11) is 0. The van der Waals surface area contributed by atoms with E-state index in [2.05, 4.69) is 15.2 Å². The molecule has 0 saturated carbocycles. The van der Waals surface area contributed by atoms with Crippen molar-refractivity contribution in [2.24, 2.45) is 16.7 Å². The minimum Gasteiger partial charge on any atom is -0.406 e. The van der Waals surface area contributed by atoms with Crippen LogP contribution < -0.4 is 21.6 Å². The third-order valence-electron chi connectivity index (χ3n) is 4.40. The molecular weight excluding hydrogens is 394 g/mol. The second-order valence-electron chi connectivity index (χ2n) is 6.67. The molecule has 0 radical (unpaired) electrons. The number of nitrogens with one attached hydrogen (secondary N) is 1. The molecule has 1 heterocycles. The molecule has 5 N–H and O–H groups in total. The van der Waals surface area contributed by atoms with Gasteiger partial charge in [-0.1, -0.05) is 0 Å². The number of piperidine rings is 1. The maximum atomic E-state index is 14.3. The van der Waals surface area contributed by atoms with Crippen LogP contribution in [-0.4, -0.2) is 48.3 Å². The van der Waals surface area contributed by atoms with Crippen molar-refractivity contribution in [2.75, 3.05) is 13.1 Å². The summed E-state index contributed by atoms with van der Waals surface area (Å²) in [6.07, 6.45) is -4.33. The third kappa shape index (κ3) is 6.26. The molecular formula is C18H23F4N5O2. The number of rotatable bonds is 4. The number of amidine groups is 1. The van der Waals surface area contributed by atoms with Gasteiger partial charge in [0.1, 0.15) is 17.8 Å². The fourth-order valence-corrected chi connectivity index (χ4v) is 3.04. The molecule has 1 fully saturated rings. The molecule has 160 valence electrons. The molecule has 1 amide bonds. The topological polar surface area (TPSA) is 106 Å². The van der Waals surface area contributed by atoms with Gasteiger partial charge in [-0.25, -0.2) is 4.39 Å². The predicted octanol–water partition coefficient (Wildman–Crippen LogP) is 2.01. The van der Waals surface area contributed by atoms with Crippen LogP contribution in [0.15, 0.2) is 29.4 Å². The van der Waals surface area contributed by atoms with Gasteiger partial charge in [-0.15, -0.1) is 13.2 Å². The fraction of sp³-hybridized carbons (Fsp3) is 0.444. The van der Waals surface area contributed by atoms with Crippen LogP contribution in [0.25, 0.3) is 5.70 Å². The van der Waals surface area contributed by atoms with Crippen LogP contribution in [0.5, 0.6) is 5.75 Å². The first-order valence-electron chi connectivity index (χ1n) is 8.78. The van der Waals surface area contributed by atoms with Crippen molar-refractivity contribution >= 4 is 17.4 Å². The van der Waals surface area contributed by atoms with Crippen LogP contribution in [0.3, 0.4) is 0 Å². The lowest BCUT2D eigenvalue weighted by molar-refractivity contribution is -0.274. The van der Waals surface area contributed by atoms with E-state index in [-0.39, 0.29) is 35.3 Å². The SMILES string of the molecule is CC(=O)N[C@@H]1CCN(C(C=C(N)c2ccc(OC(F)(F)F)c(C)c2)=NN)C[C@H]1F. The van der Waals surface area contributed by atoms with Crippen LogP contribution >= 0.6 is 0 Å². The van der Waals surface area contributed by atoms with Gasteiger partial charge in [0.05, 0.1) is 12.6 Å². The second-order valence-corrected chi connectivity index (χ2v) is 6.67. The van der Waals surface area contributed by atoms with Gasteiger partial charge < -0.3 is 26.5 Å². The molecule has 0 bridgehead atoms. The molecule has 7 nitrogen and oxygen atoms in total. The van der Waals surface area contributed by atoms with Gasteiger partial charge in [0.25, 0.3) is 0 Å². The van der Waals surface area contributed by atoms with Crippen LogP contribution in [0.4, 0.5) is 17.6 Å². The van der Waals surface area contributed by atoms with Gasteiger partial charge in [-0.3, -0.25) is 4.79 Å². The normalized spacial score (nSPS) is 21.1. The molecule has 2 rings (SSSR count). The third-order valence-corrected chi connectivity index (χ3v) is 4.40. The monoisotopic (exact) mass is 417 g/mol. The number of amides is 1. The minimum atomic E-state index is -4.79. The standard InChI is InChI=1S/C18H23F4N5O2/c1-10-7-12(3-4-16(10)29-18(20,21)22)14(23)8-17(26-24)27-6-5-15(13(19)9-27)25-11(2)28/h3-4,7-8,13,15H,5-6,9,23-24H2,1-2H3,(H,25,28)/t13-,15-/m1/s1. The van der Waals surface area contributed by atoms with E-state index in [0.717, 1.165) is 6.07 Å². The summed E-state index contributed by atoms with van der Waals surface area (Å²) in [6, 6.07) is 3.37. The molecule has 1 aromatic carbocycles. The first-order valence-corrected chi connectivity index (χ1v) is 8.78. The van der Waals surface area contributed by atoms with Gasteiger partial charge in [0.15, 0.2) is 0 Å². The van der Waals surface area contributed by atoms with E-state index in [1.807, 2.05) is 0 Å². The molecule has 29 heavy (non-hydrogen) atoms. The highest BCUT2D eigenvalue weighted by Crippen LogP contribution is 2.28. The molecule has 1 saturated heterocycles. The number of halogens is 4. The van der Waals surface area contributed by atoms with Crippen molar-refractivity contribution in [3.05, 3.63) is 35.4 Å². The minimum absolute atomic E-state index is 0.0395. The van der Waals surface area contributed by atoms with Gasteiger partial charge >= 0.3 is 6.36 Å². The number of hydrazone groups is 1. The Morgan fingerprint density at radius 3 is 2.62 bits per heavy atom. The van der Waals surface area contributed by atoms with Gasteiger partial charge in [0.2, 0.25) is 5.91 Å². The van der Waals surface area contributed by atoms with Crippen LogP contribution in [0.1, 0.15) is 24.5 Å².